The molecule has 0 aliphatic carbocycles. The van der Waals surface area contributed by atoms with Gasteiger partial charge in [0.1, 0.15) is 19.8 Å². The van der Waals surface area contributed by atoms with Crippen molar-refractivity contribution in [1.82, 2.24) is 0 Å². The number of carbonyl (C=O) groups excluding carboxylic acids is 2. The smallest absolute Gasteiger partial charge is 0.306 e. The monoisotopic (exact) mass is 1300 g/mol. The summed E-state index contributed by atoms with van der Waals surface area (Å²) >= 11 is 0. The zero-order chi connectivity index (χ0) is 66.2. The molecule has 0 saturated heterocycles. The number of ether oxygens (including phenoxy) is 2. The van der Waals surface area contributed by atoms with Crippen molar-refractivity contribution in [2.45, 2.75) is 437 Å². The van der Waals surface area contributed by atoms with Crippen LogP contribution in [0.5, 0.6) is 0 Å². The highest BCUT2D eigenvalue weighted by molar-refractivity contribution is 7.45. The number of hydrogen-bond acceptors (Lipinski definition) is 8. The van der Waals surface area contributed by atoms with E-state index in [4.69, 9.17) is 18.5 Å². The van der Waals surface area contributed by atoms with Crippen molar-refractivity contribution in [1.29, 1.82) is 0 Å². The van der Waals surface area contributed by atoms with Crippen molar-refractivity contribution < 1.29 is 42.1 Å². The number of hydrogen-bond donors (Lipinski definition) is 0. The molecule has 0 amide bonds. The molecule has 0 aromatic carbocycles. The van der Waals surface area contributed by atoms with Crippen molar-refractivity contribution in [2.75, 3.05) is 47.5 Å². The molecule has 0 spiro atoms. The second-order valence-corrected chi connectivity index (χ2v) is 30.6. The molecule has 0 aromatic heterocycles. The molecule has 2 atom stereocenters. The molecular formula is C81H158NO8P. The van der Waals surface area contributed by atoms with Gasteiger partial charge >= 0.3 is 11.9 Å². The number of likely N-dealkylation sites (N-methyl/N-ethyl adjacent to an activating group) is 1. The van der Waals surface area contributed by atoms with E-state index in [0.29, 0.717) is 17.4 Å². The summed E-state index contributed by atoms with van der Waals surface area (Å²) in [5.74, 6) is -0.803. The van der Waals surface area contributed by atoms with Gasteiger partial charge in [-0.15, -0.1) is 0 Å². The van der Waals surface area contributed by atoms with Gasteiger partial charge in [-0.2, -0.15) is 0 Å². The van der Waals surface area contributed by atoms with Gasteiger partial charge in [0.15, 0.2) is 6.10 Å². The molecule has 0 radical (unpaired) electrons. The van der Waals surface area contributed by atoms with Crippen molar-refractivity contribution in [2.24, 2.45) is 0 Å². The third-order valence-corrected chi connectivity index (χ3v) is 19.7. The van der Waals surface area contributed by atoms with E-state index in [1.807, 2.05) is 21.1 Å². The number of allylic oxidation sites excluding steroid dienone is 4. The lowest BCUT2D eigenvalue weighted by Gasteiger charge is -2.28. The van der Waals surface area contributed by atoms with Gasteiger partial charge in [-0.05, 0) is 44.9 Å². The van der Waals surface area contributed by atoms with E-state index in [1.165, 1.54) is 360 Å². The van der Waals surface area contributed by atoms with Gasteiger partial charge in [-0.3, -0.25) is 14.2 Å². The normalized spacial score (nSPS) is 13.1. The summed E-state index contributed by atoms with van der Waals surface area (Å²) in [5.41, 5.74) is 0. The molecule has 540 valence electrons. The first-order valence-electron chi connectivity index (χ1n) is 40.5. The number of quaternary nitrogens is 1. The number of nitrogens with zero attached hydrogens (tertiary/aromatic N) is 1. The highest BCUT2D eigenvalue weighted by atomic mass is 31.2. The van der Waals surface area contributed by atoms with Crippen LogP contribution in [0.1, 0.15) is 431 Å². The van der Waals surface area contributed by atoms with Gasteiger partial charge in [0.05, 0.1) is 27.7 Å². The Morgan fingerprint density at radius 2 is 0.593 bits per heavy atom. The minimum atomic E-state index is -4.64. The average molecular weight is 1310 g/mol. The van der Waals surface area contributed by atoms with Crippen molar-refractivity contribution in [3.05, 3.63) is 24.3 Å². The summed E-state index contributed by atoms with van der Waals surface area (Å²) in [6, 6.07) is 0. The molecule has 0 aliphatic rings. The van der Waals surface area contributed by atoms with E-state index in [-0.39, 0.29) is 32.0 Å². The first-order chi connectivity index (χ1) is 44.5. The summed E-state index contributed by atoms with van der Waals surface area (Å²) in [6.07, 6.45) is 93.2. The number of carbonyl (C=O) groups is 2. The van der Waals surface area contributed by atoms with Crippen LogP contribution in [0.15, 0.2) is 24.3 Å². The summed E-state index contributed by atoms with van der Waals surface area (Å²) in [7, 11) is 1.20. The van der Waals surface area contributed by atoms with E-state index in [1.54, 1.807) is 0 Å². The third-order valence-electron chi connectivity index (χ3n) is 18.7. The maximum absolute atomic E-state index is 12.9. The number of phosphoric acid groups is 1. The molecule has 10 heteroatoms. The van der Waals surface area contributed by atoms with Gasteiger partial charge in [-0.1, -0.05) is 398 Å². The van der Waals surface area contributed by atoms with E-state index >= 15 is 0 Å². The largest absolute Gasteiger partial charge is 0.756 e. The molecular weight excluding hydrogens is 1150 g/mol. The van der Waals surface area contributed by atoms with Gasteiger partial charge in [-0.25, -0.2) is 0 Å². The Bertz CT molecular complexity index is 1580. The first-order valence-corrected chi connectivity index (χ1v) is 42.0. The average Bonchev–Trinajstić information content (AvgIpc) is 3.69. The summed E-state index contributed by atoms with van der Waals surface area (Å²) in [4.78, 5) is 38.2. The lowest BCUT2D eigenvalue weighted by molar-refractivity contribution is -0.870. The lowest BCUT2D eigenvalue weighted by atomic mass is 10.0. The van der Waals surface area contributed by atoms with E-state index in [2.05, 4.69) is 38.2 Å². The van der Waals surface area contributed by atoms with Gasteiger partial charge < -0.3 is 27.9 Å². The fourth-order valence-corrected chi connectivity index (χ4v) is 13.2. The molecule has 0 saturated carbocycles. The fourth-order valence-electron chi connectivity index (χ4n) is 12.5. The second-order valence-electron chi connectivity index (χ2n) is 29.1. The van der Waals surface area contributed by atoms with Crippen LogP contribution in [0, 0.1) is 0 Å². The van der Waals surface area contributed by atoms with Crippen LogP contribution in [-0.2, 0) is 32.7 Å². The number of rotatable bonds is 77. The molecule has 0 fully saturated rings. The molecule has 0 rings (SSSR count). The molecule has 0 aromatic rings. The zero-order valence-electron chi connectivity index (χ0n) is 61.8. The number of unbranched alkanes of at least 4 members (excludes halogenated alkanes) is 59. The van der Waals surface area contributed by atoms with Crippen molar-refractivity contribution in [3.63, 3.8) is 0 Å². The van der Waals surface area contributed by atoms with Crippen LogP contribution in [0.3, 0.4) is 0 Å². The topological polar surface area (TPSA) is 111 Å². The van der Waals surface area contributed by atoms with Gasteiger partial charge in [0.2, 0.25) is 0 Å². The highest BCUT2D eigenvalue weighted by Crippen LogP contribution is 2.38. The standard InChI is InChI=1S/C81H158NO8P/c1-6-8-10-12-14-16-18-20-22-24-26-28-30-32-34-35-36-37-38-39-40-41-42-43-44-45-46-47-48-50-52-54-56-58-60-62-64-66-68-70-72-74-81(84)90-79(78-89-91(85,86)88-76-75-82(3,4)5)77-87-80(83)73-71-69-67-65-63-61-59-57-55-53-51-49-33-31-29-27-25-23-21-19-17-15-13-11-9-7-2/h18,20,24,26,79H,6-17,19,21-23,25,27-78H2,1-5H3/b20-18-,26-24-. The van der Waals surface area contributed by atoms with E-state index in [0.717, 1.165) is 38.5 Å². The van der Waals surface area contributed by atoms with Gasteiger partial charge in [0.25, 0.3) is 7.82 Å². The van der Waals surface area contributed by atoms with Crippen LogP contribution in [0.2, 0.25) is 0 Å². The molecule has 0 N–H and O–H groups in total. The fraction of sp³-hybridized carbons (Fsp3) is 0.926. The Morgan fingerprint density at radius 1 is 0.341 bits per heavy atom. The Kier molecular flexibility index (Phi) is 71.5. The summed E-state index contributed by atoms with van der Waals surface area (Å²) in [5, 5.41) is 0. The van der Waals surface area contributed by atoms with E-state index < -0.39 is 26.5 Å². The molecule has 0 bridgehead atoms. The van der Waals surface area contributed by atoms with Crippen LogP contribution >= 0.6 is 7.82 Å². The summed E-state index contributed by atoms with van der Waals surface area (Å²) in [6.45, 7) is 4.32. The van der Waals surface area contributed by atoms with Crippen LogP contribution in [0.25, 0.3) is 0 Å². The SMILES string of the molecule is CCCCCCC/C=C\C/C=C\CCCCCCCCCCCCCCCCCCCCCCCCCCCCCCCC(=O)OC(COC(=O)CCCCCCCCCCCCCCCCCCCCCCCCCCCC)COP(=O)([O-])OCC[N+](C)(C)C. The predicted octanol–water partition coefficient (Wildman–Crippen LogP) is 26.2. The predicted molar refractivity (Wildman–Crippen MR) is 393 cm³/mol. The highest BCUT2D eigenvalue weighted by Gasteiger charge is 2.22. The number of phosphoric ester groups is 1. The minimum absolute atomic E-state index is 0.0258. The molecule has 2 unspecified atom stereocenters. The van der Waals surface area contributed by atoms with Crippen LogP contribution in [0.4, 0.5) is 0 Å². The maximum Gasteiger partial charge on any atom is 0.306 e. The minimum Gasteiger partial charge on any atom is -0.756 e. The van der Waals surface area contributed by atoms with Crippen LogP contribution < -0.4 is 4.89 Å². The molecule has 91 heavy (non-hydrogen) atoms. The maximum atomic E-state index is 12.9. The van der Waals surface area contributed by atoms with Gasteiger partial charge in [0, 0.05) is 12.8 Å². The Balaban J connectivity index is 3.86. The van der Waals surface area contributed by atoms with E-state index in [9.17, 15) is 19.0 Å². The molecule has 0 heterocycles. The van der Waals surface area contributed by atoms with Crippen LogP contribution in [-0.4, -0.2) is 70.0 Å². The zero-order valence-corrected chi connectivity index (χ0v) is 62.7. The second kappa shape index (κ2) is 72.8. The third kappa shape index (κ3) is 77.4. The number of esters is 2. The summed E-state index contributed by atoms with van der Waals surface area (Å²) < 4.78 is 34.4. The lowest BCUT2D eigenvalue weighted by Crippen LogP contribution is -2.37. The molecule has 0 aliphatic heterocycles. The first kappa shape index (κ1) is 89.5. The quantitative estimate of drug-likeness (QED) is 0.0195. The Labute approximate surface area is 568 Å². The Hall–Kier alpha value is -1.51. The molecule has 9 nitrogen and oxygen atoms in total. The van der Waals surface area contributed by atoms with Crippen molar-refractivity contribution >= 4 is 19.8 Å². The Morgan fingerprint density at radius 3 is 0.868 bits per heavy atom. The van der Waals surface area contributed by atoms with Crippen molar-refractivity contribution in [3.8, 4) is 0 Å².